The Balaban J connectivity index is 1.55. The molecule has 0 radical (unpaired) electrons. The molecule has 2 heterocycles. The van der Waals surface area contributed by atoms with Gasteiger partial charge in [0.1, 0.15) is 12.4 Å². The zero-order valence-electron chi connectivity index (χ0n) is 18.7. The number of carbonyl (C=O) groups is 1. The largest absolute Gasteiger partial charge is 0.463 e. The number of alkyl carbamates (subject to hydrolysis) is 1. The first kappa shape index (κ1) is 25.3. The van der Waals surface area contributed by atoms with E-state index in [1.54, 1.807) is 19.1 Å². The molecule has 1 aliphatic heterocycles. The SMILES string of the molecule is CCS(=O)(=O)N1CCC(COc2ncc(-c3cccc(COC(=O)NC(=N)N)c3F)cn2)CC1. The second kappa shape index (κ2) is 11.2. The zero-order chi connectivity index (χ0) is 24.7. The van der Waals surface area contributed by atoms with Crippen molar-refractivity contribution in [3.8, 4) is 17.1 Å². The number of nitrogens with two attached hydrogens (primary N) is 1. The summed E-state index contributed by atoms with van der Waals surface area (Å²) in [4.78, 5) is 19.7. The number of piperidine rings is 1. The lowest BCUT2D eigenvalue weighted by Gasteiger charge is -2.30. The molecule has 1 aromatic carbocycles. The van der Waals surface area contributed by atoms with Crippen LogP contribution < -0.4 is 15.8 Å². The minimum absolute atomic E-state index is 0.0973. The van der Waals surface area contributed by atoms with Crippen molar-refractivity contribution in [1.82, 2.24) is 19.6 Å². The summed E-state index contributed by atoms with van der Waals surface area (Å²) < 4.78 is 50.8. The van der Waals surface area contributed by atoms with E-state index in [4.69, 9.17) is 20.6 Å². The Bertz CT molecular complexity index is 1120. The van der Waals surface area contributed by atoms with Crippen LogP contribution in [-0.4, -0.2) is 60.2 Å². The molecule has 2 aromatic rings. The van der Waals surface area contributed by atoms with Gasteiger partial charge in [0.15, 0.2) is 5.96 Å². The van der Waals surface area contributed by atoms with E-state index < -0.39 is 27.9 Å². The lowest BCUT2D eigenvalue weighted by molar-refractivity contribution is 0.143. The van der Waals surface area contributed by atoms with E-state index in [-0.39, 0.29) is 35.4 Å². The first-order chi connectivity index (χ1) is 16.2. The molecule has 1 saturated heterocycles. The fourth-order valence-corrected chi connectivity index (χ4v) is 4.59. The van der Waals surface area contributed by atoms with Crippen LogP contribution in [0.4, 0.5) is 9.18 Å². The zero-order valence-corrected chi connectivity index (χ0v) is 19.5. The third-order valence-corrected chi connectivity index (χ3v) is 7.27. The van der Waals surface area contributed by atoms with Crippen molar-refractivity contribution in [2.45, 2.75) is 26.4 Å². The number of sulfonamides is 1. The van der Waals surface area contributed by atoms with Gasteiger partial charge in [0.2, 0.25) is 10.0 Å². The van der Waals surface area contributed by atoms with Gasteiger partial charge in [-0.05, 0) is 25.7 Å². The molecule has 184 valence electrons. The normalized spacial score (nSPS) is 15.0. The number of halogens is 1. The first-order valence-corrected chi connectivity index (χ1v) is 12.3. The topological polar surface area (TPSA) is 161 Å². The van der Waals surface area contributed by atoms with Crippen molar-refractivity contribution in [3.63, 3.8) is 0 Å². The van der Waals surface area contributed by atoms with Crippen LogP contribution in [0.15, 0.2) is 30.6 Å². The number of nitrogens with zero attached hydrogens (tertiary/aromatic N) is 3. The number of carbonyl (C=O) groups excluding carboxylic acids is 1. The summed E-state index contributed by atoms with van der Waals surface area (Å²) >= 11 is 0. The van der Waals surface area contributed by atoms with Gasteiger partial charge < -0.3 is 15.2 Å². The molecule has 1 fully saturated rings. The Labute approximate surface area is 197 Å². The number of nitrogens with one attached hydrogen (secondary N) is 2. The highest BCUT2D eigenvalue weighted by atomic mass is 32.2. The highest BCUT2D eigenvalue weighted by molar-refractivity contribution is 7.89. The number of ether oxygens (including phenoxy) is 2. The van der Waals surface area contributed by atoms with E-state index in [0.717, 1.165) is 0 Å². The smallest absolute Gasteiger partial charge is 0.414 e. The molecular formula is C21H27FN6O5S. The van der Waals surface area contributed by atoms with Gasteiger partial charge in [0, 0.05) is 42.2 Å². The van der Waals surface area contributed by atoms with E-state index >= 15 is 0 Å². The fraction of sp³-hybridized carbons (Fsp3) is 0.429. The van der Waals surface area contributed by atoms with Gasteiger partial charge in [-0.15, -0.1) is 0 Å². The van der Waals surface area contributed by atoms with Crippen LogP contribution in [0, 0.1) is 17.1 Å². The van der Waals surface area contributed by atoms with Crippen molar-refractivity contribution in [2.75, 3.05) is 25.4 Å². The van der Waals surface area contributed by atoms with Gasteiger partial charge in [0.05, 0.1) is 12.4 Å². The Morgan fingerprint density at radius 2 is 1.97 bits per heavy atom. The van der Waals surface area contributed by atoms with Crippen molar-refractivity contribution < 1.29 is 27.1 Å². The second-order valence-electron chi connectivity index (χ2n) is 7.70. The number of amides is 1. The van der Waals surface area contributed by atoms with Gasteiger partial charge in [-0.25, -0.2) is 31.9 Å². The van der Waals surface area contributed by atoms with Crippen molar-refractivity contribution in [1.29, 1.82) is 5.41 Å². The number of hydrogen-bond donors (Lipinski definition) is 3. The van der Waals surface area contributed by atoms with Crippen molar-refractivity contribution in [2.24, 2.45) is 11.7 Å². The lowest BCUT2D eigenvalue weighted by atomic mass is 9.99. The maximum Gasteiger partial charge on any atom is 0.414 e. The van der Waals surface area contributed by atoms with Gasteiger partial charge in [0.25, 0.3) is 0 Å². The molecular weight excluding hydrogens is 467 g/mol. The van der Waals surface area contributed by atoms with E-state index in [1.807, 2.05) is 5.32 Å². The summed E-state index contributed by atoms with van der Waals surface area (Å²) in [5, 5.41) is 8.93. The second-order valence-corrected chi connectivity index (χ2v) is 9.96. The fourth-order valence-electron chi connectivity index (χ4n) is 3.46. The number of guanidine groups is 1. The number of hydrogen-bond acceptors (Lipinski definition) is 8. The Morgan fingerprint density at radius 1 is 1.29 bits per heavy atom. The summed E-state index contributed by atoms with van der Waals surface area (Å²) in [7, 11) is -3.17. The summed E-state index contributed by atoms with van der Waals surface area (Å²) in [6.45, 7) is 2.60. The average molecular weight is 495 g/mol. The van der Waals surface area contributed by atoms with E-state index in [2.05, 4.69) is 9.97 Å². The first-order valence-electron chi connectivity index (χ1n) is 10.7. The van der Waals surface area contributed by atoms with Crippen LogP contribution in [0.3, 0.4) is 0 Å². The van der Waals surface area contributed by atoms with Crippen LogP contribution in [0.1, 0.15) is 25.3 Å². The Morgan fingerprint density at radius 3 is 2.59 bits per heavy atom. The van der Waals surface area contributed by atoms with E-state index in [1.165, 1.54) is 22.8 Å². The van der Waals surface area contributed by atoms with Crippen LogP contribution in [-0.2, 0) is 21.4 Å². The third kappa shape index (κ3) is 6.60. The molecule has 11 nitrogen and oxygen atoms in total. The molecule has 1 aliphatic rings. The van der Waals surface area contributed by atoms with Gasteiger partial charge in [-0.2, -0.15) is 0 Å². The molecule has 4 N–H and O–H groups in total. The van der Waals surface area contributed by atoms with Gasteiger partial charge >= 0.3 is 12.1 Å². The summed E-state index contributed by atoms with van der Waals surface area (Å²) in [5.74, 6) is -0.876. The molecule has 0 bridgehead atoms. The summed E-state index contributed by atoms with van der Waals surface area (Å²) in [6, 6.07) is 4.77. The summed E-state index contributed by atoms with van der Waals surface area (Å²) in [6.07, 6.45) is 3.30. The standard InChI is InChI=1S/C21H27FN6O5S/c1-2-34(30,31)28-8-6-14(7-9-28)12-32-20-25-10-16(11-26-20)17-5-3-4-15(18(17)22)13-33-21(29)27-19(23)24/h3-5,10-11,14H,2,6-9,12-13H2,1H3,(H4,23,24,27,29). The summed E-state index contributed by atoms with van der Waals surface area (Å²) in [5.41, 5.74) is 5.82. The van der Waals surface area contributed by atoms with Crippen LogP contribution in [0.2, 0.25) is 0 Å². The molecule has 13 heteroatoms. The molecule has 0 unspecified atom stereocenters. The Kier molecular flexibility index (Phi) is 8.34. The number of aromatic nitrogens is 2. The Hall–Kier alpha value is -3.32. The highest BCUT2D eigenvalue weighted by Gasteiger charge is 2.27. The maximum atomic E-state index is 14.9. The van der Waals surface area contributed by atoms with E-state index in [0.29, 0.717) is 38.1 Å². The quantitative estimate of drug-likeness (QED) is 0.370. The van der Waals surface area contributed by atoms with Crippen molar-refractivity contribution in [3.05, 3.63) is 42.0 Å². The van der Waals surface area contributed by atoms with Crippen LogP contribution >= 0.6 is 0 Å². The van der Waals surface area contributed by atoms with Crippen LogP contribution in [0.5, 0.6) is 6.01 Å². The maximum absolute atomic E-state index is 14.9. The molecule has 0 saturated carbocycles. The predicted octanol–water partition coefficient (Wildman–Crippen LogP) is 1.84. The third-order valence-electron chi connectivity index (χ3n) is 5.39. The van der Waals surface area contributed by atoms with Gasteiger partial charge in [-0.1, -0.05) is 18.2 Å². The predicted molar refractivity (Wildman–Crippen MR) is 122 cm³/mol. The van der Waals surface area contributed by atoms with Crippen molar-refractivity contribution >= 4 is 22.1 Å². The van der Waals surface area contributed by atoms with Gasteiger partial charge in [-0.3, -0.25) is 10.7 Å². The molecule has 34 heavy (non-hydrogen) atoms. The molecule has 1 amide bonds. The minimum atomic E-state index is -3.17. The van der Waals surface area contributed by atoms with Crippen LogP contribution in [0.25, 0.3) is 11.1 Å². The number of rotatable bonds is 8. The highest BCUT2D eigenvalue weighted by Crippen LogP contribution is 2.26. The minimum Gasteiger partial charge on any atom is -0.463 e. The molecule has 0 spiro atoms. The monoisotopic (exact) mass is 494 g/mol. The molecule has 1 aromatic heterocycles. The average Bonchev–Trinajstić information content (AvgIpc) is 2.82. The molecule has 3 rings (SSSR count). The molecule has 0 aliphatic carbocycles. The van der Waals surface area contributed by atoms with E-state index in [9.17, 15) is 17.6 Å². The lowest BCUT2D eigenvalue weighted by Crippen LogP contribution is -2.40. The number of benzene rings is 1. The molecule has 0 atom stereocenters.